The van der Waals surface area contributed by atoms with E-state index in [0.29, 0.717) is 0 Å². The number of carbonyl (C=O) groups excluding carboxylic acids is 1. The predicted octanol–water partition coefficient (Wildman–Crippen LogP) is -0.485. The molecule has 86 valence electrons. The van der Waals surface area contributed by atoms with Crippen LogP contribution in [0.5, 0.6) is 0 Å². The molecule has 2 aliphatic rings. The van der Waals surface area contributed by atoms with Gasteiger partial charge in [0.2, 0.25) is 0 Å². The molecule has 0 aromatic rings. The number of hydrogen-bond donors (Lipinski definition) is 3. The van der Waals surface area contributed by atoms with Crippen LogP contribution in [0.3, 0.4) is 0 Å². The molecule has 0 aromatic carbocycles. The maximum atomic E-state index is 11.8. The number of rotatable bonds is 1. The molecule has 1 aliphatic heterocycles. The summed E-state index contributed by atoms with van der Waals surface area (Å²) in [7, 11) is 0. The molecular weight excluding hydrogens is 194 g/mol. The standard InChI is InChI=1S/C10H19N3O2/c14-9-3-1-2-8(9)12-10(15)13-6-4-11-5-7-13/h8-9,11,14H,1-7H2,(H,12,15)/t8-,9+/m0/s1. The van der Waals surface area contributed by atoms with Crippen LogP contribution in [0.4, 0.5) is 4.79 Å². The molecule has 2 rings (SSSR count). The van der Waals surface area contributed by atoms with Crippen LogP contribution in [0.25, 0.3) is 0 Å². The van der Waals surface area contributed by atoms with Gasteiger partial charge in [-0.05, 0) is 19.3 Å². The fourth-order valence-electron chi connectivity index (χ4n) is 2.23. The fraction of sp³-hybridized carbons (Fsp3) is 0.900. The van der Waals surface area contributed by atoms with E-state index in [0.717, 1.165) is 45.4 Å². The van der Waals surface area contributed by atoms with E-state index in [4.69, 9.17) is 0 Å². The highest BCUT2D eigenvalue weighted by Gasteiger charge is 2.28. The zero-order valence-corrected chi connectivity index (χ0v) is 8.91. The van der Waals surface area contributed by atoms with Crippen LogP contribution in [0, 0.1) is 0 Å². The van der Waals surface area contributed by atoms with E-state index in [2.05, 4.69) is 10.6 Å². The smallest absolute Gasteiger partial charge is 0.317 e. The third-order valence-electron chi connectivity index (χ3n) is 3.19. The van der Waals surface area contributed by atoms with Crippen molar-refractivity contribution in [3.05, 3.63) is 0 Å². The van der Waals surface area contributed by atoms with Crippen molar-refractivity contribution in [3.8, 4) is 0 Å². The van der Waals surface area contributed by atoms with Gasteiger partial charge in [0.1, 0.15) is 0 Å². The monoisotopic (exact) mass is 213 g/mol. The Hall–Kier alpha value is -0.810. The van der Waals surface area contributed by atoms with Gasteiger partial charge in [0, 0.05) is 26.2 Å². The Morgan fingerprint density at radius 3 is 2.67 bits per heavy atom. The summed E-state index contributed by atoms with van der Waals surface area (Å²) < 4.78 is 0. The van der Waals surface area contributed by atoms with Gasteiger partial charge in [0.25, 0.3) is 0 Å². The van der Waals surface area contributed by atoms with Crippen LogP contribution in [-0.4, -0.2) is 54.4 Å². The maximum absolute atomic E-state index is 11.8. The Bertz CT molecular complexity index is 229. The molecule has 3 N–H and O–H groups in total. The Kier molecular flexibility index (Phi) is 3.43. The number of nitrogens with zero attached hydrogens (tertiary/aromatic N) is 1. The van der Waals surface area contributed by atoms with Crippen molar-refractivity contribution < 1.29 is 9.90 Å². The SMILES string of the molecule is O=C(N[C@H]1CCC[C@H]1O)N1CCNCC1. The largest absolute Gasteiger partial charge is 0.391 e. The Morgan fingerprint density at radius 1 is 1.33 bits per heavy atom. The van der Waals surface area contributed by atoms with Crippen molar-refractivity contribution in [2.24, 2.45) is 0 Å². The van der Waals surface area contributed by atoms with Gasteiger partial charge in [-0.3, -0.25) is 0 Å². The van der Waals surface area contributed by atoms with Crippen molar-refractivity contribution in [3.63, 3.8) is 0 Å². The number of aliphatic hydroxyl groups is 1. The number of nitrogens with one attached hydrogen (secondary N) is 2. The lowest BCUT2D eigenvalue weighted by Gasteiger charge is -2.29. The van der Waals surface area contributed by atoms with E-state index in [1.807, 2.05) is 4.90 Å². The second kappa shape index (κ2) is 4.81. The number of amides is 2. The van der Waals surface area contributed by atoms with Crippen molar-refractivity contribution in [2.45, 2.75) is 31.4 Å². The first-order valence-corrected chi connectivity index (χ1v) is 5.71. The summed E-state index contributed by atoms with van der Waals surface area (Å²) in [4.78, 5) is 13.6. The van der Waals surface area contributed by atoms with Crippen molar-refractivity contribution in [1.82, 2.24) is 15.5 Å². The van der Waals surface area contributed by atoms with Crippen LogP contribution in [0.1, 0.15) is 19.3 Å². The lowest BCUT2D eigenvalue weighted by Crippen LogP contribution is -2.53. The van der Waals surface area contributed by atoms with Gasteiger partial charge in [-0.1, -0.05) is 0 Å². The third kappa shape index (κ3) is 2.60. The summed E-state index contributed by atoms with van der Waals surface area (Å²) in [5, 5.41) is 15.7. The quantitative estimate of drug-likeness (QED) is 0.551. The summed E-state index contributed by atoms with van der Waals surface area (Å²) in [6.45, 7) is 3.24. The van der Waals surface area contributed by atoms with Crippen LogP contribution in [-0.2, 0) is 0 Å². The first kappa shape index (κ1) is 10.7. The molecule has 1 aliphatic carbocycles. The summed E-state index contributed by atoms with van der Waals surface area (Å²) in [5.74, 6) is 0. The van der Waals surface area contributed by atoms with Gasteiger partial charge < -0.3 is 20.6 Å². The van der Waals surface area contributed by atoms with Gasteiger partial charge >= 0.3 is 6.03 Å². The second-order valence-corrected chi connectivity index (χ2v) is 4.29. The predicted molar refractivity (Wildman–Crippen MR) is 56.6 cm³/mol. The zero-order valence-electron chi connectivity index (χ0n) is 8.91. The van der Waals surface area contributed by atoms with Gasteiger partial charge in [0.05, 0.1) is 12.1 Å². The highest BCUT2D eigenvalue weighted by Crippen LogP contribution is 2.18. The minimum absolute atomic E-state index is 0.0255. The molecule has 0 unspecified atom stereocenters. The Balaban J connectivity index is 1.80. The molecule has 2 amide bonds. The molecule has 2 fully saturated rings. The lowest BCUT2D eigenvalue weighted by molar-refractivity contribution is 0.138. The van der Waals surface area contributed by atoms with E-state index in [9.17, 15) is 9.90 Å². The highest BCUT2D eigenvalue weighted by atomic mass is 16.3. The molecule has 1 saturated heterocycles. The second-order valence-electron chi connectivity index (χ2n) is 4.29. The van der Waals surface area contributed by atoms with Crippen molar-refractivity contribution in [1.29, 1.82) is 0 Å². The molecule has 15 heavy (non-hydrogen) atoms. The van der Waals surface area contributed by atoms with E-state index < -0.39 is 0 Å². The van der Waals surface area contributed by atoms with E-state index in [-0.39, 0.29) is 18.2 Å². The summed E-state index contributed by atoms with van der Waals surface area (Å²) >= 11 is 0. The molecule has 5 nitrogen and oxygen atoms in total. The Morgan fingerprint density at radius 2 is 2.07 bits per heavy atom. The number of carbonyl (C=O) groups is 1. The molecule has 0 bridgehead atoms. The number of piperazine rings is 1. The molecule has 0 radical (unpaired) electrons. The van der Waals surface area contributed by atoms with E-state index in [1.165, 1.54) is 0 Å². The van der Waals surface area contributed by atoms with Crippen LogP contribution < -0.4 is 10.6 Å². The van der Waals surface area contributed by atoms with Gasteiger partial charge in [0.15, 0.2) is 0 Å². The minimum atomic E-state index is -0.350. The summed E-state index contributed by atoms with van der Waals surface area (Å²) in [6.07, 6.45) is 2.37. The molecule has 1 saturated carbocycles. The fourth-order valence-corrected chi connectivity index (χ4v) is 2.23. The van der Waals surface area contributed by atoms with Crippen LogP contribution in [0.15, 0.2) is 0 Å². The summed E-state index contributed by atoms with van der Waals surface area (Å²) in [6, 6.07) is -0.0603. The topological polar surface area (TPSA) is 64.6 Å². The van der Waals surface area contributed by atoms with E-state index >= 15 is 0 Å². The van der Waals surface area contributed by atoms with Crippen molar-refractivity contribution >= 4 is 6.03 Å². The normalized spacial score (nSPS) is 31.7. The molecule has 0 aromatic heterocycles. The minimum Gasteiger partial charge on any atom is -0.391 e. The maximum Gasteiger partial charge on any atom is 0.317 e. The van der Waals surface area contributed by atoms with Gasteiger partial charge in [-0.2, -0.15) is 0 Å². The molecule has 1 heterocycles. The van der Waals surface area contributed by atoms with Crippen LogP contribution >= 0.6 is 0 Å². The van der Waals surface area contributed by atoms with Crippen LogP contribution in [0.2, 0.25) is 0 Å². The third-order valence-corrected chi connectivity index (χ3v) is 3.19. The van der Waals surface area contributed by atoms with Gasteiger partial charge in [-0.25, -0.2) is 4.79 Å². The molecule has 0 spiro atoms. The van der Waals surface area contributed by atoms with Gasteiger partial charge in [-0.15, -0.1) is 0 Å². The number of aliphatic hydroxyl groups excluding tert-OH is 1. The zero-order chi connectivity index (χ0) is 10.7. The van der Waals surface area contributed by atoms with E-state index in [1.54, 1.807) is 0 Å². The molecule has 5 heteroatoms. The molecule has 2 atom stereocenters. The summed E-state index contributed by atoms with van der Waals surface area (Å²) in [5.41, 5.74) is 0. The lowest BCUT2D eigenvalue weighted by atomic mass is 10.2. The van der Waals surface area contributed by atoms with Crippen molar-refractivity contribution in [2.75, 3.05) is 26.2 Å². The number of urea groups is 1. The Labute approximate surface area is 89.8 Å². The molecular formula is C10H19N3O2. The number of hydrogen-bond acceptors (Lipinski definition) is 3. The first-order chi connectivity index (χ1) is 7.27. The average molecular weight is 213 g/mol. The highest BCUT2D eigenvalue weighted by molar-refractivity contribution is 5.74. The first-order valence-electron chi connectivity index (χ1n) is 5.71. The average Bonchev–Trinajstić information content (AvgIpc) is 2.66.